The SMILES string of the molecule is COc1ccc(Cl)cc1NC(=O)CN1CC2CCCC(N)C2C1. The van der Waals surface area contributed by atoms with E-state index < -0.39 is 0 Å². The second-order valence-corrected chi connectivity index (χ2v) is 7.04. The first-order valence-corrected chi connectivity index (χ1v) is 8.56. The summed E-state index contributed by atoms with van der Waals surface area (Å²) in [5, 5.41) is 3.47. The smallest absolute Gasteiger partial charge is 0.238 e. The molecule has 126 valence electrons. The average molecular weight is 338 g/mol. The number of carbonyl (C=O) groups excluding carboxylic acids is 1. The normalized spacial score (nSPS) is 27.5. The molecule has 1 aromatic rings. The molecule has 23 heavy (non-hydrogen) atoms. The van der Waals surface area contributed by atoms with E-state index in [1.54, 1.807) is 25.3 Å². The van der Waals surface area contributed by atoms with Gasteiger partial charge in [0, 0.05) is 24.2 Å². The van der Waals surface area contributed by atoms with Gasteiger partial charge in [0.15, 0.2) is 0 Å². The van der Waals surface area contributed by atoms with E-state index in [4.69, 9.17) is 22.1 Å². The standard InChI is InChI=1S/C17H24ClN3O2/c1-23-16-6-5-12(18)7-15(16)20-17(22)10-21-8-11-3-2-4-14(19)13(11)9-21/h5-7,11,13-14H,2-4,8-10,19H2,1H3,(H,20,22). The van der Waals surface area contributed by atoms with E-state index in [1.807, 2.05) is 0 Å². The van der Waals surface area contributed by atoms with Crippen LogP contribution in [0, 0.1) is 11.8 Å². The van der Waals surface area contributed by atoms with Crippen molar-refractivity contribution >= 4 is 23.2 Å². The Morgan fingerprint density at radius 2 is 2.26 bits per heavy atom. The predicted molar refractivity (Wildman–Crippen MR) is 91.9 cm³/mol. The summed E-state index contributed by atoms with van der Waals surface area (Å²) in [5.41, 5.74) is 6.84. The zero-order valence-electron chi connectivity index (χ0n) is 13.4. The van der Waals surface area contributed by atoms with E-state index in [0.29, 0.717) is 34.8 Å². The molecule has 1 saturated carbocycles. The number of methoxy groups -OCH3 is 1. The molecule has 1 aliphatic heterocycles. The number of nitrogens with zero attached hydrogens (tertiary/aromatic N) is 1. The Balaban J connectivity index is 1.59. The van der Waals surface area contributed by atoms with Crippen LogP contribution in [0.2, 0.25) is 5.02 Å². The molecule has 3 atom stereocenters. The average Bonchev–Trinajstić information content (AvgIpc) is 2.91. The highest BCUT2D eigenvalue weighted by molar-refractivity contribution is 6.31. The Morgan fingerprint density at radius 3 is 3.00 bits per heavy atom. The third-order valence-corrected chi connectivity index (χ3v) is 5.27. The van der Waals surface area contributed by atoms with Crippen molar-refractivity contribution in [2.45, 2.75) is 25.3 Å². The number of benzene rings is 1. The second kappa shape index (κ2) is 7.07. The predicted octanol–water partition coefficient (Wildman–Crippen LogP) is 2.35. The summed E-state index contributed by atoms with van der Waals surface area (Å²) in [7, 11) is 1.57. The molecular weight excluding hydrogens is 314 g/mol. The molecule has 5 nitrogen and oxygen atoms in total. The minimum Gasteiger partial charge on any atom is -0.495 e. The number of amides is 1. The Morgan fingerprint density at radius 1 is 1.43 bits per heavy atom. The van der Waals surface area contributed by atoms with Gasteiger partial charge in [0.25, 0.3) is 0 Å². The van der Waals surface area contributed by atoms with E-state index in [1.165, 1.54) is 12.8 Å². The number of nitrogens with one attached hydrogen (secondary N) is 1. The summed E-state index contributed by atoms with van der Waals surface area (Å²) < 4.78 is 5.26. The molecule has 3 unspecified atom stereocenters. The largest absolute Gasteiger partial charge is 0.495 e. The highest BCUT2D eigenvalue weighted by Crippen LogP contribution is 2.35. The van der Waals surface area contributed by atoms with Gasteiger partial charge in [-0.05, 0) is 42.9 Å². The molecule has 0 aromatic heterocycles. The fourth-order valence-electron chi connectivity index (χ4n) is 3.91. The number of anilines is 1. The third-order valence-electron chi connectivity index (χ3n) is 5.03. The van der Waals surface area contributed by atoms with Gasteiger partial charge >= 0.3 is 0 Å². The lowest BCUT2D eigenvalue weighted by atomic mass is 9.78. The van der Waals surface area contributed by atoms with Crippen LogP contribution in [0.3, 0.4) is 0 Å². The Kier molecular flexibility index (Phi) is 5.09. The van der Waals surface area contributed by atoms with Crippen LogP contribution in [-0.4, -0.2) is 43.6 Å². The van der Waals surface area contributed by atoms with Crippen LogP contribution in [0.1, 0.15) is 19.3 Å². The first-order valence-electron chi connectivity index (χ1n) is 8.18. The van der Waals surface area contributed by atoms with Gasteiger partial charge < -0.3 is 15.8 Å². The molecule has 0 radical (unpaired) electrons. The van der Waals surface area contributed by atoms with E-state index in [-0.39, 0.29) is 11.9 Å². The molecule has 2 fully saturated rings. The topological polar surface area (TPSA) is 67.6 Å². The van der Waals surface area contributed by atoms with Crippen molar-refractivity contribution < 1.29 is 9.53 Å². The number of hydrogen-bond acceptors (Lipinski definition) is 4. The maximum Gasteiger partial charge on any atom is 0.238 e. The van der Waals surface area contributed by atoms with Gasteiger partial charge in [0.05, 0.1) is 19.3 Å². The number of halogens is 1. The maximum absolute atomic E-state index is 12.4. The minimum absolute atomic E-state index is 0.0437. The Hall–Kier alpha value is -1.30. The summed E-state index contributed by atoms with van der Waals surface area (Å²) >= 11 is 6.00. The molecule has 6 heteroatoms. The van der Waals surface area contributed by atoms with E-state index >= 15 is 0 Å². The number of likely N-dealkylation sites (tertiary alicyclic amines) is 1. The summed E-state index contributed by atoms with van der Waals surface area (Å²) in [6.45, 7) is 2.28. The van der Waals surface area contributed by atoms with Crippen molar-refractivity contribution in [3.8, 4) is 5.75 Å². The van der Waals surface area contributed by atoms with Gasteiger partial charge in [-0.1, -0.05) is 18.0 Å². The fourth-order valence-corrected chi connectivity index (χ4v) is 4.08. The highest BCUT2D eigenvalue weighted by Gasteiger charge is 2.39. The summed E-state index contributed by atoms with van der Waals surface area (Å²) in [6.07, 6.45) is 3.56. The number of fused-ring (bicyclic) bond motifs is 1. The first-order chi connectivity index (χ1) is 11.1. The van der Waals surface area contributed by atoms with E-state index in [2.05, 4.69) is 10.2 Å². The highest BCUT2D eigenvalue weighted by atomic mass is 35.5. The van der Waals surface area contributed by atoms with E-state index in [9.17, 15) is 4.79 Å². The molecule has 1 aromatic carbocycles. The lowest BCUT2D eigenvalue weighted by molar-refractivity contribution is -0.117. The van der Waals surface area contributed by atoms with Crippen LogP contribution >= 0.6 is 11.6 Å². The van der Waals surface area contributed by atoms with Gasteiger partial charge in [-0.3, -0.25) is 9.69 Å². The quantitative estimate of drug-likeness (QED) is 0.885. The van der Waals surface area contributed by atoms with Crippen molar-refractivity contribution in [2.75, 3.05) is 32.1 Å². The lowest BCUT2D eigenvalue weighted by Crippen LogP contribution is -2.38. The Labute approximate surface area is 142 Å². The summed E-state index contributed by atoms with van der Waals surface area (Å²) in [5.74, 6) is 1.75. The van der Waals surface area contributed by atoms with E-state index in [0.717, 1.165) is 19.5 Å². The van der Waals surface area contributed by atoms with Gasteiger partial charge in [-0.2, -0.15) is 0 Å². The zero-order valence-corrected chi connectivity index (χ0v) is 14.2. The van der Waals surface area contributed by atoms with Gasteiger partial charge in [-0.15, -0.1) is 0 Å². The lowest BCUT2D eigenvalue weighted by Gasteiger charge is -2.29. The minimum atomic E-state index is -0.0437. The van der Waals surface area contributed by atoms with Crippen LogP contribution < -0.4 is 15.8 Å². The van der Waals surface area contributed by atoms with Crippen molar-refractivity contribution in [1.29, 1.82) is 0 Å². The summed E-state index contributed by atoms with van der Waals surface area (Å²) in [6, 6.07) is 5.48. The van der Waals surface area contributed by atoms with Gasteiger partial charge in [0.1, 0.15) is 5.75 Å². The zero-order chi connectivity index (χ0) is 16.4. The second-order valence-electron chi connectivity index (χ2n) is 6.61. The van der Waals surface area contributed by atoms with Crippen molar-refractivity contribution in [3.05, 3.63) is 23.2 Å². The van der Waals surface area contributed by atoms with Crippen LogP contribution in [0.4, 0.5) is 5.69 Å². The van der Waals surface area contributed by atoms with Crippen LogP contribution in [0.15, 0.2) is 18.2 Å². The molecule has 3 rings (SSSR count). The first kappa shape index (κ1) is 16.6. The maximum atomic E-state index is 12.4. The number of carbonyl (C=O) groups is 1. The Bertz CT molecular complexity index is 581. The van der Waals surface area contributed by atoms with Crippen molar-refractivity contribution in [2.24, 2.45) is 17.6 Å². The summed E-state index contributed by atoms with van der Waals surface area (Å²) in [4.78, 5) is 14.6. The van der Waals surface area contributed by atoms with Gasteiger partial charge in [-0.25, -0.2) is 0 Å². The van der Waals surface area contributed by atoms with Gasteiger partial charge in [0.2, 0.25) is 5.91 Å². The number of hydrogen-bond donors (Lipinski definition) is 2. The fraction of sp³-hybridized carbons (Fsp3) is 0.588. The number of ether oxygens (including phenoxy) is 1. The third kappa shape index (κ3) is 3.79. The number of nitrogens with two attached hydrogens (primary N) is 1. The van der Waals surface area contributed by atoms with Crippen LogP contribution in [0.5, 0.6) is 5.75 Å². The molecule has 1 heterocycles. The van der Waals surface area contributed by atoms with Crippen LogP contribution in [0.25, 0.3) is 0 Å². The van der Waals surface area contributed by atoms with Crippen molar-refractivity contribution in [3.63, 3.8) is 0 Å². The molecule has 1 saturated heterocycles. The molecular formula is C17H24ClN3O2. The molecule has 0 spiro atoms. The monoisotopic (exact) mass is 337 g/mol. The molecule has 3 N–H and O–H groups in total. The number of rotatable bonds is 4. The van der Waals surface area contributed by atoms with Crippen molar-refractivity contribution in [1.82, 2.24) is 4.90 Å². The van der Waals surface area contributed by atoms with Crippen LogP contribution in [-0.2, 0) is 4.79 Å². The molecule has 2 aliphatic rings. The molecule has 1 aliphatic carbocycles. The molecule has 1 amide bonds. The molecule has 0 bridgehead atoms.